The molecule has 0 atom stereocenters. The van der Waals surface area contributed by atoms with Crippen LogP contribution in [-0.4, -0.2) is 13.2 Å². The third kappa shape index (κ3) is 4.75. The minimum atomic E-state index is 0.838. The molecule has 1 nitrogen and oxygen atoms in total. The summed E-state index contributed by atoms with van der Waals surface area (Å²) < 4.78 is 5.85. The molecule has 0 N–H and O–H groups in total. The first-order valence-electron chi connectivity index (χ1n) is 9.92. The van der Waals surface area contributed by atoms with Gasteiger partial charge in [0.25, 0.3) is 0 Å². The highest BCUT2D eigenvalue weighted by molar-refractivity contribution is 5.83. The third-order valence-corrected chi connectivity index (χ3v) is 5.14. The van der Waals surface area contributed by atoms with Crippen molar-refractivity contribution >= 4 is 21.5 Å². The molecule has 0 aliphatic rings. The first-order chi connectivity index (χ1) is 13.4. The van der Waals surface area contributed by atoms with Crippen molar-refractivity contribution in [3.05, 3.63) is 96.1 Å². The molecule has 27 heavy (non-hydrogen) atoms. The fourth-order valence-electron chi connectivity index (χ4n) is 3.65. The van der Waals surface area contributed by atoms with E-state index in [-0.39, 0.29) is 0 Å². The van der Waals surface area contributed by atoms with Crippen LogP contribution in [0.5, 0.6) is 0 Å². The van der Waals surface area contributed by atoms with Gasteiger partial charge in [-0.3, -0.25) is 0 Å². The summed E-state index contributed by atoms with van der Waals surface area (Å²) in [5.74, 6) is 0. The van der Waals surface area contributed by atoms with Gasteiger partial charge in [-0.2, -0.15) is 0 Å². The topological polar surface area (TPSA) is 9.23 Å². The lowest BCUT2D eigenvalue weighted by Gasteiger charge is -2.07. The lowest BCUT2D eigenvalue weighted by molar-refractivity contribution is 0.130. The molecule has 0 unspecified atom stereocenters. The molecule has 0 aromatic heterocycles. The maximum Gasteiger partial charge on any atom is 0.0469 e. The lowest BCUT2D eigenvalue weighted by atomic mass is 10.0. The van der Waals surface area contributed by atoms with E-state index >= 15 is 0 Å². The minimum absolute atomic E-state index is 0.838. The smallest absolute Gasteiger partial charge is 0.0469 e. The van der Waals surface area contributed by atoms with Gasteiger partial charge in [-0.25, -0.2) is 0 Å². The van der Waals surface area contributed by atoms with Crippen LogP contribution in [0.15, 0.2) is 84.9 Å². The molecule has 0 saturated carbocycles. The van der Waals surface area contributed by atoms with Crippen LogP contribution in [0.1, 0.15) is 24.0 Å². The van der Waals surface area contributed by atoms with Crippen molar-refractivity contribution in [1.29, 1.82) is 0 Å². The van der Waals surface area contributed by atoms with E-state index in [1.165, 1.54) is 32.7 Å². The van der Waals surface area contributed by atoms with Crippen LogP contribution in [0.4, 0.5) is 0 Å². The summed E-state index contributed by atoms with van der Waals surface area (Å²) in [6, 6.07) is 30.6. The van der Waals surface area contributed by atoms with Crippen molar-refractivity contribution in [1.82, 2.24) is 0 Å². The van der Waals surface area contributed by atoms with Crippen molar-refractivity contribution in [3.63, 3.8) is 0 Å². The molecular formula is C26H26O. The van der Waals surface area contributed by atoms with Crippen LogP contribution in [-0.2, 0) is 17.6 Å². The number of benzene rings is 4. The normalized spacial score (nSPS) is 11.3. The Bertz CT molecular complexity index is 935. The highest BCUT2D eigenvalue weighted by Gasteiger charge is 1.99. The average Bonchev–Trinajstić information content (AvgIpc) is 2.73. The maximum atomic E-state index is 5.85. The van der Waals surface area contributed by atoms with Gasteiger partial charge in [0.15, 0.2) is 0 Å². The van der Waals surface area contributed by atoms with Crippen molar-refractivity contribution < 1.29 is 4.74 Å². The second kappa shape index (κ2) is 8.83. The van der Waals surface area contributed by atoms with Crippen molar-refractivity contribution in [3.8, 4) is 0 Å². The third-order valence-electron chi connectivity index (χ3n) is 5.14. The molecule has 1 heteroatoms. The predicted octanol–water partition coefficient (Wildman–Crippen LogP) is 6.58. The van der Waals surface area contributed by atoms with Crippen LogP contribution < -0.4 is 0 Å². The van der Waals surface area contributed by atoms with Gasteiger partial charge in [-0.05, 0) is 58.4 Å². The molecule has 136 valence electrons. The molecule has 4 aromatic rings. The Hall–Kier alpha value is -2.64. The predicted molar refractivity (Wildman–Crippen MR) is 115 cm³/mol. The highest BCUT2D eigenvalue weighted by atomic mass is 16.5. The molecule has 0 fully saturated rings. The molecule has 0 saturated heterocycles. The van der Waals surface area contributed by atoms with Gasteiger partial charge in [0.1, 0.15) is 0 Å². The molecule has 4 rings (SSSR count). The van der Waals surface area contributed by atoms with Gasteiger partial charge >= 0.3 is 0 Å². The summed E-state index contributed by atoms with van der Waals surface area (Å²) in [5.41, 5.74) is 2.79. The fourth-order valence-corrected chi connectivity index (χ4v) is 3.65. The average molecular weight is 354 g/mol. The Morgan fingerprint density at radius 2 is 0.926 bits per heavy atom. The molecule has 0 bridgehead atoms. The first-order valence-corrected chi connectivity index (χ1v) is 9.92. The van der Waals surface area contributed by atoms with E-state index in [2.05, 4.69) is 84.9 Å². The monoisotopic (exact) mass is 354 g/mol. The van der Waals surface area contributed by atoms with E-state index < -0.39 is 0 Å². The Labute approximate surface area is 161 Å². The van der Waals surface area contributed by atoms with E-state index in [4.69, 9.17) is 4.74 Å². The number of hydrogen-bond acceptors (Lipinski definition) is 1. The van der Waals surface area contributed by atoms with E-state index in [9.17, 15) is 0 Å². The van der Waals surface area contributed by atoms with Crippen molar-refractivity contribution in [2.45, 2.75) is 25.7 Å². The summed E-state index contributed by atoms with van der Waals surface area (Å²) >= 11 is 0. The Kier molecular flexibility index (Phi) is 5.81. The largest absolute Gasteiger partial charge is 0.381 e. The number of hydrogen-bond donors (Lipinski definition) is 0. The highest BCUT2D eigenvalue weighted by Crippen LogP contribution is 2.18. The van der Waals surface area contributed by atoms with Crippen molar-refractivity contribution in [2.75, 3.05) is 13.2 Å². The Morgan fingerprint density at radius 1 is 0.481 bits per heavy atom. The lowest BCUT2D eigenvalue weighted by Crippen LogP contribution is -2.00. The van der Waals surface area contributed by atoms with Gasteiger partial charge in [0.2, 0.25) is 0 Å². The SMILES string of the molecule is c1ccc2cc(CCCOCCCc3ccc4ccccc4c3)ccc2c1. The summed E-state index contributed by atoms with van der Waals surface area (Å²) in [4.78, 5) is 0. The molecule has 0 radical (unpaired) electrons. The molecule has 0 heterocycles. The van der Waals surface area contributed by atoms with Crippen LogP contribution in [0, 0.1) is 0 Å². The van der Waals surface area contributed by atoms with E-state index in [0.717, 1.165) is 38.9 Å². The standard InChI is InChI=1S/C26H26O/c1-3-11-25-19-21(13-15-23(25)9-1)7-5-17-27-18-6-8-22-14-16-24-10-2-4-12-26(24)20-22/h1-4,9-16,19-20H,5-8,17-18H2. The van der Waals surface area contributed by atoms with Gasteiger partial charge < -0.3 is 4.74 Å². The molecule has 0 aliphatic heterocycles. The molecule has 0 amide bonds. The van der Waals surface area contributed by atoms with Gasteiger partial charge in [0.05, 0.1) is 0 Å². The zero-order valence-corrected chi connectivity index (χ0v) is 15.7. The second-order valence-corrected chi connectivity index (χ2v) is 7.18. The number of ether oxygens (including phenoxy) is 1. The molecule has 0 spiro atoms. The zero-order valence-electron chi connectivity index (χ0n) is 15.7. The summed E-state index contributed by atoms with van der Waals surface area (Å²) in [5, 5.41) is 5.27. The van der Waals surface area contributed by atoms with Crippen molar-refractivity contribution in [2.24, 2.45) is 0 Å². The minimum Gasteiger partial charge on any atom is -0.381 e. The molecule has 4 aromatic carbocycles. The Balaban J connectivity index is 1.16. The van der Waals surface area contributed by atoms with Crippen LogP contribution >= 0.6 is 0 Å². The van der Waals surface area contributed by atoms with Gasteiger partial charge in [-0.1, -0.05) is 84.9 Å². The molecule has 0 aliphatic carbocycles. The summed E-state index contributed by atoms with van der Waals surface area (Å²) in [7, 11) is 0. The summed E-state index contributed by atoms with van der Waals surface area (Å²) in [6.07, 6.45) is 4.31. The van der Waals surface area contributed by atoms with Crippen LogP contribution in [0.25, 0.3) is 21.5 Å². The summed E-state index contributed by atoms with van der Waals surface area (Å²) in [6.45, 7) is 1.68. The maximum absolute atomic E-state index is 5.85. The number of rotatable bonds is 8. The fraction of sp³-hybridized carbons (Fsp3) is 0.231. The van der Waals surface area contributed by atoms with Crippen LogP contribution in [0.2, 0.25) is 0 Å². The number of fused-ring (bicyclic) bond motifs is 2. The van der Waals surface area contributed by atoms with E-state index in [1.807, 2.05) is 0 Å². The zero-order chi connectivity index (χ0) is 18.3. The number of aryl methyl sites for hydroxylation is 2. The first kappa shape index (κ1) is 17.8. The van der Waals surface area contributed by atoms with E-state index in [1.54, 1.807) is 0 Å². The quantitative estimate of drug-likeness (QED) is 0.325. The van der Waals surface area contributed by atoms with Gasteiger partial charge in [-0.15, -0.1) is 0 Å². The second-order valence-electron chi connectivity index (χ2n) is 7.18. The van der Waals surface area contributed by atoms with Crippen LogP contribution in [0.3, 0.4) is 0 Å². The van der Waals surface area contributed by atoms with E-state index in [0.29, 0.717) is 0 Å². The van der Waals surface area contributed by atoms with Gasteiger partial charge in [0, 0.05) is 13.2 Å². The Morgan fingerprint density at radius 3 is 1.41 bits per heavy atom. The molecular weight excluding hydrogens is 328 g/mol.